The van der Waals surface area contributed by atoms with Crippen molar-refractivity contribution in [3.8, 4) is 0 Å². The van der Waals surface area contributed by atoms with E-state index >= 15 is 0 Å². The van der Waals surface area contributed by atoms with Crippen molar-refractivity contribution in [3.05, 3.63) is 11.4 Å². The van der Waals surface area contributed by atoms with Gasteiger partial charge in [-0.25, -0.2) is 13.2 Å². The Morgan fingerprint density at radius 1 is 1.00 bits per heavy atom. The first-order valence-corrected chi connectivity index (χ1v) is 2.80. The van der Waals surface area contributed by atoms with Crippen molar-refractivity contribution in [2.24, 2.45) is 0 Å². The Morgan fingerprint density at radius 3 is 1.90 bits per heavy atom. The van der Waals surface area contributed by atoms with E-state index in [4.69, 9.17) is 0 Å². The minimum Gasteiger partial charge on any atom is -0.251 e. The molecule has 0 aromatic rings. The fourth-order valence-electron chi connectivity index (χ4n) is 0.484. The lowest BCUT2D eigenvalue weighted by molar-refractivity contribution is 0.416. The van der Waals surface area contributed by atoms with Gasteiger partial charge in [0.2, 0.25) is 0 Å². The summed E-state index contributed by atoms with van der Waals surface area (Å²) in [5.41, 5.74) is -0.412. The van der Waals surface area contributed by atoms with E-state index in [0.717, 1.165) is 0 Å². The van der Waals surface area contributed by atoms with Crippen molar-refractivity contribution in [1.82, 2.24) is 0 Å². The third-order valence-electron chi connectivity index (χ3n) is 1.06. The van der Waals surface area contributed by atoms with Crippen molar-refractivity contribution in [1.29, 1.82) is 0 Å². The molecule has 0 bridgehead atoms. The normalized spacial score (nSPS) is 13.2. The summed E-state index contributed by atoms with van der Waals surface area (Å²) >= 11 is 0. The van der Waals surface area contributed by atoms with E-state index < -0.39 is 31.4 Å². The molecule has 60 valence electrons. The van der Waals surface area contributed by atoms with Gasteiger partial charge in [-0.15, -0.1) is 0 Å². The van der Waals surface area contributed by atoms with Gasteiger partial charge in [0.1, 0.15) is 19.2 Å². The first-order valence-electron chi connectivity index (χ1n) is 2.80. The van der Waals surface area contributed by atoms with E-state index in [1.165, 1.54) is 0 Å². The van der Waals surface area contributed by atoms with E-state index in [0.29, 0.717) is 0 Å². The molecule has 0 N–H and O–H groups in total. The van der Waals surface area contributed by atoms with Crippen LogP contribution in [-0.2, 0) is 0 Å². The summed E-state index contributed by atoms with van der Waals surface area (Å²) in [6.07, 6.45) is -0.355. The molecule has 0 amide bonds. The number of rotatable bonds is 4. The van der Waals surface area contributed by atoms with E-state index in [-0.39, 0.29) is 6.42 Å². The molecule has 0 aliphatic heterocycles. The number of allylic oxidation sites excluding steroid dienone is 2. The molecule has 0 rings (SSSR count). The molecule has 4 heteroatoms. The summed E-state index contributed by atoms with van der Waals surface area (Å²) < 4.78 is 46.6. The van der Waals surface area contributed by atoms with Gasteiger partial charge in [0.15, 0.2) is 0 Å². The maximum absolute atomic E-state index is 12.1. The maximum atomic E-state index is 12.1. The molecule has 0 spiro atoms. The molecule has 0 radical (unpaired) electrons. The monoisotopic (exact) mass is 156 g/mol. The molecular formula is C6H8F4. The van der Waals surface area contributed by atoms with Crippen molar-refractivity contribution >= 4 is 0 Å². The second kappa shape index (κ2) is 5.26. The second-order valence-electron chi connectivity index (χ2n) is 1.71. The first-order chi connectivity index (χ1) is 4.76. The van der Waals surface area contributed by atoms with E-state index in [1.807, 2.05) is 0 Å². The SMILES string of the molecule is FCC/C(CF)=C(/F)CF. The Kier molecular flexibility index (Phi) is 4.98. The quantitative estimate of drug-likeness (QED) is 0.548. The highest BCUT2D eigenvalue weighted by atomic mass is 19.2. The molecule has 0 aromatic heterocycles. The highest BCUT2D eigenvalue weighted by Gasteiger charge is 2.04. The molecule has 0 aromatic carbocycles. The van der Waals surface area contributed by atoms with Gasteiger partial charge in [0.05, 0.1) is 6.67 Å². The standard InChI is InChI=1S/C6H8F4/c7-2-1-5(3-8)6(10)4-9/h1-4H2/b6-5-. The van der Waals surface area contributed by atoms with Gasteiger partial charge in [-0.3, -0.25) is 4.39 Å². The van der Waals surface area contributed by atoms with Crippen LogP contribution in [-0.4, -0.2) is 20.0 Å². The van der Waals surface area contributed by atoms with Gasteiger partial charge in [0.25, 0.3) is 0 Å². The molecule has 0 fully saturated rings. The second-order valence-corrected chi connectivity index (χ2v) is 1.71. The lowest BCUT2D eigenvalue weighted by Gasteiger charge is -1.98. The first kappa shape index (κ1) is 9.46. The number of alkyl halides is 3. The van der Waals surface area contributed by atoms with Gasteiger partial charge in [-0.1, -0.05) is 0 Å². The van der Waals surface area contributed by atoms with Crippen LogP contribution in [0.2, 0.25) is 0 Å². The fourth-order valence-corrected chi connectivity index (χ4v) is 0.484. The van der Waals surface area contributed by atoms with Crippen molar-refractivity contribution in [2.75, 3.05) is 20.0 Å². The average molecular weight is 156 g/mol. The molecule has 0 saturated carbocycles. The van der Waals surface area contributed by atoms with Crippen LogP contribution in [0.1, 0.15) is 6.42 Å². The summed E-state index contributed by atoms with van der Waals surface area (Å²) in [5.74, 6) is -1.18. The molecule has 0 saturated heterocycles. The molecule has 0 unspecified atom stereocenters. The smallest absolute Gasteiger partial charge is 0.141 e. The average Bonchev–Trinajstić information content (AvgIpc) is 1.99. The number of halogens is 4. The van der Waals surface area contributed by atoms with Crippen molar-refractivity contribution in [3.63, 3.8) is 0 Å². The van der Waals surface area contributed by atoms with Crippen molar-refractivity contribution in [2.45, 2.75) is 6.42 Å². The molecule has 0 aliphatic rings. The lowest BCUT2D eigenvalue weighted by Crippen LogP contribution is -1.93. The zero-order valence-electron chi connectivity index (χ0n) is 5.34. The van der Waals surface area contributed by atoms with E-state index in [2.05, 4.69) is 0 Å². The Labute approximate surface area is 56.5 Å². The molecule has 0 aliphatic carbocycles. The summed E-state index contributed by atoms with van der Waals surface area (Å²) in [6.45, 7) is -3.31. The Morgan fingerprint density at radius 2 is 1.60 bits per heavy atom. The van der Waals surface area contributed by atoms with Crippen LogP contribution in [0.25, 0.3) is 0 Å². The molecule has 0 atom stereocenters. The Hall–Kier alpha value is -0.540. The minimum atomic E-state index is -1.35. The predicted octanol–water partition coefficient (Wildman–Crippen LogP) is 2.51. The summed E-state index contributed by atoms with van der Waals surface area (Å²) in [5, 5.41) is 0. The molecule has 0 nitrogen and oxygen atoms in total. The lowest BCUT2D eigenvalue weighted by atomic mass is 10.2. The van der Waals surface area contributed by atoms with Crippen LogP contribution < -0.4 is 0 Å². The number of hydrogen-bond donors (Lipinski definition) is 0. The number of hydrogen-bond acceptors (Lipinski definition) is 0. The van der Waals surface area contributed by atoms with E-state index in [1.54, 1.807) is 0 Å². The highest BCUT2D eigenvalue weighted by Crippen LogP contribution is 2.11. The van der Waals surface area contributed by atoms with Crippen LogP contribution in [0.15, 0.2) is 11.4 Å². The van der Waals surface area contributed by atoms with Crippen molar-refractivity contribution < 1.29 is 17.6 Å². The van der Waals surface area contributed by atoms with Gasteiger partial charge >= 0.3 is 0 Å². The van der Waals surface area contributed by atoms with E-state index in [9.17, 15) is 17.6 Å². The van der Waals surface area contributed by atoms with Gasteiger partial charge in [-0.05, 0) is 5.57 Å². The maximum Gasteiger partial charge on any atom is 0.141 e. The largest absolute Gasteiger partial charge is 0.251 e. The third-order valence-corrected chi connectivity index (χ3v) is 1.06. The summed E-state index contributed by atoms with van der Waals surface area (Å²) in [4.78, 5) is 0. The zero-order chi connectivity index (χ0) is 7.98. The van der Waals surface area contributed by atoms with Crippen LogP contribution in [0, 0.1) is 0 Å². The van der Waals surface area contributed by atoms with Gasteiger partial charge < -0.3 is 0 Å². The van der Waals surface area contributed by atoms with Gasteiger partial charge in [0, 0.05) is 6.42 Å². The Bertz CT molecular complexity index is 119. The minimum absolute atomic E-state index is 0.355. The predicted molar refractivity (Wildman–Crippen MR) is 30.7 cm³/mol. The Balaban J connectivity index is 4.00. The fraction of sp³-hybridized carbons (Fsp3) is 0.667. The highest BCUT2D eigenvalue weighted by molar-refractivity contribution is 5.08. The molecule has 0 heterocycles. The molecular weight excluding hydrogens is 148 g/mol. The van der Waals surface area contributed by atoms with Crippen LogP contribution in [0.3, 0.4) is 0 Å². The van der Waals surface area contributed by atoms with Gasteiger partial charge in [-0.2, -0.15) is 0 Å². The summed E-state index contributed by atoms with van der Waals surface area (Å²) in [6, 6.07) is 0. The van der Waals surface area contributed by atoms with Crippen LogP contribution in [0.4, 0.5) is 17.6 Å². The zero-order valence-corrected chi connectivity index (χ0v) is 5.34. The third kappa shape index (κ3) is 2.85. The molecule has 10 heavy (non-hydrogen) atoms. The van der Waals surface area contributed by atoms with Crippen LogP contribution in [0.5, 0.6) is 0 Å². The summed E-state index contributed by atoms with van der Waals surface area (Å²) in [7, 11) is 0. The topological polar surface area (TPSA) is 0 Å². The van der Waals surface area contributed by atoms with Crippen LogP contribution >= 0.6 is 0 Å².